The average Bonchev–Trinajstić information content (AvgIpc) is 2.86. The molecule has 3 rings (SSSR count). The zero-order chi connectivity index (χ0) is 12.5. The second kappa shape index (κ2) is 4.52. The number of hydrogen-bond donors (Lipinski definition) is 0. The minimum absolute atomic E-state index is 0.534. The van der Waals surface area contributed by atoms with Gasteiger partial charge in [0.25, 0.3) is 0 Å². The molecule has 0 saturated heterocycles. The molecule has 1 aliphatic heterocycles. The summed E-state index contributed by atoms with van der Waals surface area (Å²) in [4.78, 5) is 10.7. The van der Waals surface area contributed by atoms with Crippen molar-refractivity contribution in [3.63, 3.8) is 0 Å². The lowest BCUT2D eigenvalue weighted by atomic mass is 10.4. The Morgan fingerprint density at radius 2 is 2.28 bits per heavy atom. The van der Waals surface area contributed by atoms with Gasteiger partial charge in [-0.1, -0.05) is 0 Å². The molecule has 0 saturated carbocycles. The third kappa shape index (κ3) is 1.92. The van der Waals surface area contributed by atoms with Crippen LogP contribution in [0, 0.1) is 0 Å². The van der Waals surface area contributed by atoms with E-state index in [1.807, 2.05) is 4.57 Å². The second-order valence-corrected chi connectivity index (χ2v) is 4.74. The lowest BCUT2D eigenvalue weighted by molar-refractivity contribution is 0.393. The molecular formula is C10H11BrN6O. The van der Waals surface area contributed by atoms with E-state index < -0.39 is 0 Å². The van der Waals surface area contributed by atoms with Crippen molar-refractivity contribution < 1.29 is 4.74 Å². The Labute approximate surface area is 112 Å². The van der Waals surface area contributed by atoms with Crippen molar-refractivity contribution in [3.8, 4) is 5.88 Å². The zero-order valence-electron chi connectivity index (χ0n) is 9.75. The molecule has 0 bridgehead atoms. The number of methoxy groups -OCH3 is 1. The largest absolute Gasteiger partial charge is 0.480 e. The monoisotopic (exact) mass is 310 g/mol. The molecule has 0 N–H and O–H groups in total. The maximum Gasteiger partial charge on any atom is 0.232 e. The predicted octanol–water partition coefficient (Wildman–Crippen LogP) is 0.859. The van der Waals surface area contributed by atoms with E-state index in [4.69, 9.17) is 4.74 Å². The highest BCUT2D eigenvalue weighted by Crippen LogP contribution is 2.24. The molecule has 0 radical (unpaired) electrons. The molecule has 0 unspecified atom stereocenters. The minimum atomic E-state index is 0.534. The SMILES string of the molecule is COc1nc(N2CCn3cnnc3C2)ncc1Br. The predicted molar refractivity (Wildman–Crippen MR) is 67.4 cm³/mol. The van der Waals surface area contributed by atoms with Crippen LogP contribution < -0.4 is 9.64 Å². The number of aromatic nitrogens is 5. The highest BCUT2D eigenvalue weighted by molar-refractivity contribution is 9.10. The van der Waals surface area contributed by atoms with E-state index in [1.165, 1.54) is 0 Å². The van der Waals surface area contributed by atoms with Crippen LogP contribution in [0.15, 0.2) is 17.0 Å². The fourth-order valence-electron chi connectivity index (χ4n) is 1.88. The summed E-state index contributed by atoms with van der Waals surface area (Å²) in [5.41, 5.74) is 0. The molecule has 2 aromatic rings. The van der Waals surface area contributed by atoms with Gasteiger partial charge in [-0.3, -0.25) is 0 Å². The Morgan fingerprint density at radius 3 is 3.11 bits per heavy atom. The molecule has 0 spiro atoms. The number of hydrogen-bond acceptors (Lipinski definition) is 6. The van der Waals surface area contributed by atoms with Gasteiger partial charge in [-0.2, -0.15) is 4.98 Å². The fourth-order valence-corrected chi connectivity index (χ4v) is 2.23. The third-order valence-corrected chi connectivity index (χ3v) is 3.36. The van der Waals surface area contributed by atoms with E-state index in [-0.39, 0.29) is 0 Å². The van der Waals surface area contributed by atoms with Crippen LogP contribution in [0.1, 0.15) is 5.82 Å². The van der Waals surface area contributed by atoms with E-state index in [0.29, 0.717) is 18.4 Å². The first kappa shape index (κ1) is 11.4. The lowest BCUT2D eigenvalue weighted by Gasteiger charge is -2.27. The minimum Gasteiger partial charge on any atom is -0.480 e. The first-order valence-electron chi connectivity index (χ1n) is 5.46. The second-order valence-electron chi connectivity index (χ2n) is 3.89. The first-order chi connectivity index (χ1) is 8.78. The Bertz CT molecular complexity index is 571. The summed E-state index contributed by atoms with van der Waals surface area (Å²) >= 11 is 3.34. The van der Waals surface area contributed by atoms with E-state index in [1.54, 1.807) is 19.6 Å². The summed E-state index contributed by atoms with van der Waals surface area (Å²) in [5.74, 6) is 2.10. The Hall–Kier alpha value is -1.70. The molecule has 7 nitrogen and oxygen atoms in total. The van der Waals surface area contributed by atoms with Gasteiger partial charge in [-0.25, -0.2) is 4.98 Å². The maximum absolute atomic E-state index is 5.17. The van der Waals surface area contributed by atoms with Gasteiger partial charge in [-0.15, -0.1) is 10.2 Å². The van der Waals surface area contributed by atoms with Crippen molar-refractivity contribution in [2.75, 3.05) is 18.6 Å². The number of rotatable bonds is 2. The normalized spacial score (nSPS) is 14.4. The molecule has 3 heterocycles. The summed E-state index contributed by atoms with van der Waals surface area (Å²) < 4.78 is 7.95. The smallest absolute Gasteiger partial charge is 0.232 e. The number of halogens is 1. The molecule has 0 aromatic carbocycles. The zero-order valence-corrected chi connectivity index (χ0v) is 11.3. The Kier molecular flexibility index (Phi) is 2.86. The van der Waals surface area contributed by atoms with Crippen molar-refractivity contribution in [3.05, 3.63) is 22.8 Å². The van der Waals surface area contributed by atoms with Crippen molar-refractivity contribution in [1.82, 2.24) is 24.7 Å². The van der Waals surface area contributed by atoms with Crippen LogP contribution in [-0.2, 0) is 13.1 Å². The summed E-state index contributed by atoms with van der Waals surface area (Å²) in [6.45, 7) is 2.32. The number of fused-ring (bicyclic) bond motifs is 1. The molecule has 0 atom stereocenters. The van der Waals surface area contributed by atoms with Gasteiger partial charge in [0, 0.05) is 13.1 Å². The van der Waals surface area contributed by atoms with Gasteiger partial charge in [0.05, 0.1) is 24.3 Å². The Balaban J connectivity index is 1.88. The molecule has 0 amide bonds. The summed E-state index contributed by atoms with van der Waals surface area (Å²) in [5, 5.41) is 7.96. The molecule has 0 fully saturated rings. The average molecular weight is 311 g/mol. The topological polar surface area (TPSA) is 69.0 Å². The van der Waals surface area contributed by atoms with Crippen LogP contribution in [-0.4, -0.2) is 38.4 Å². The van der Waals surface area contributed by atoms with Crippen LogP contribution in [0.3, 0.4) is 0 Å². The number of ether oxygens (including phenoxy) is 1. The first-order valence-corrected chi connectivity index (χ1v) is 6.25. The summed E-state index contributed by atoms with van der Waals surface area (Å²) in [6, 6.07) is 0. The number of nitrogens with zero attached hydrogens (tertiary/aromatic N) is 6. The molecule has 8 heteroatoms. The summed E-state index contributed by atoms with van der Waals surface area (Å²) in [6.07, 6.45) is 3.44. The fraction of sp³-hybridized carbons (Fsp3) is 0.400. The molecule has 18 heavy (non-hydrogen) atoms. The van der Waals surface area contributed by atoms with Crippen LogP contribution >= 0.6 is 15.9 Å². The highest BCUT2D eigenvalue weighted by atomic mass is 79.9. The van der Waals surface area contributed by atoms with Crippen LogP contribution in [0.4, 0.5) is 5.95 Å². The molecular weight excluding hydrogens is 300 g/mol. The standard InChI is InChI=1S/C10H11BrN6O/c1-18-9-7(11)4-12-10(14-9)16-2-3-17-6-13-15-8(17)5-16/h4,6H,2-3,5H2,1H3. The summed E-state index contributed by atoms with van der Waals surface area (Å²) in [7, 11) is 1.59. The van der Waals surface area contributed by atoms with E-state index in [2.05, 4.69) is 41.0 Å². The van der Waals surface area contributed by atoms with Crippen LogP contribution in [0.25, 0.3) is 0 Å². The molecule has 2 aromatic heterocycles. The molecule has 1 aliphatic rings. The van der Waals surface area contributed by atoms with Gasteiger partial charge in [-0.05, 0) is 15.9 Å². The van der Waals surface area contributed by atoms with Crippen LogP contribution in [0.5, 0.6) is 5.88 Å². The lowest BCUT2D eigenvalue weighted by Crippen LogP contribution is -2.34. The van der Waals surface area contributed by atoms with Gasteiger partial charge >= 0.3 is 0 Å². The maximum atomic E-state index is 5.17. The number of anilines is 1. The van der Waals surface area contributed by atoms with E-state index in [9.17, 15) is 0 Å². The Morgan fingerprint density at radius 1 is 1.39 bits per heavy atom. The quantitative estimate of drug-likeness (QED) is 0.819. The highest BCUT2D eigenvalue weighted by Gasteiger charge is 2.20. The van der Waals surface area contributed by atoms with Gasteiger partial charge < -0.3 is 14.2 Å². The van der Waals surface area contributed by atoms with Gasteiger partial charge in [0.15, 0.2) is 5.82 Å². The van der Waals surface area contributed by atoms with Crippen molar-refractivity contribution in [1.29, 1.82) is 0 Å². The molecule has 0 aliphatic carbocycles. The van der Waals surface area contributed by atoms with Crippen molar-refractivity contribution >= 4 is 21.9 Å². The van der Waals surface area contributed by atoms with Gasteiger partial charge in [0.1, 0.15) is 6.33 Å². The third-order valence-electron chi connectivity index (χ3n) is 2.81. The van der Waals surface area contributed by atoms with Crippen molar-refractivity contribution in [2.45, 2.75) is 13.1 Å². The molecule has 94 valence electrons. The van der Waals surface area contributed by atoms with Gasteiger partial charge in [0.2, 0.25) is 11.8 Å². The van der Waals surface area contributed by atoms with Crippen LogP contribution in [0.2, 0.25) is 0 Å². The van der Waals surface area contributed by atoms with Crippen molar-refractivity contribution in [2.24, 2.45) is 0 Å². The van der Waals surface area contributed by atoms with E-state index in [0.717, 1.165) is 23.4 Å². The van der Waals surface area contributed by atoms with E-state index >= 15 is 0 Å².